The number of aryl methyl sites for hydroxylation is 1. The molecular formula is C29H34ClN3O6. The number of para-hydroxylation sites is 1. The van der Waals surface area contributed by atoms with Crippen LogP contribution in [-0.2, 0) is 19.1 Å². The van der Waals surface area contributed by atoms with E-state index in [1.54, 1.807) is 36.4 Å². The Morgan fingerprint density at radius 2 is 1.90 bits per heavy atom. The molecule has 2 aromatic carbocycles. The van der Waals surface area contributed by atoms with Crippen LogP contribution >= 0.6 is 11.6 Å². The number of carbonyl (C=O) groups is 3. The number of fused-ring (bicyclic) bond motifs is 1. The monoisotopic (exact) mass is 555 g/mol. The molecule has 3 aliphatic rings. The number of benzene rings is 2. The van der Waals surface area contributed by atoms with Gasteiger partial charge < -0.3 is 30.1 Å². The molecule has 2 bridgehead atoms. The van der Waals surface area contributed by atoms with Crippen LogP contribution < -0.4 is 15.4 Å². The Morgan fingerprint density at radius 3 is 2.54 bits per heavy atom. The van der Waals surface area contributed by atoms with Gasteiger partial charge in [0.1, 0.15) is 17.4 Å². The van der Waals surface area contributed by atoms with E-state index in [0.717, 1.165) is 5.56 Å². The number of nitrogens with zero attached hydrogens (tertiary/aromatic N) is 1. The lowest BCUT2D eigenvalue weighted by Gasteiger charge is -2.36. The molecule has 208 valence electrons. The number of nitrogens with one attached hydrogen (secondary N) is 2. The third-order valence-corrected chi connectivity index (χ3v) is 8.90. The molecule has 5 rings (SSSR count). The lowest BCUT2D eigenvalue weighted by atomic mass is 9.62. The Kier molecular flexibility index (Phi) is 7.11. The number of amides is 3. The lowest BCUT2D eigenvalue weighted by molar-refractivity contribution is -0.144. The standard InChI is InChI=1S/C29H34ClN3O6/c1-5-38-19-11-9-18(10-12-19)31-25(35)21-22-27(37)33(13-14-34)24(29(22)15-17(3)28(21,4)39-29)26(36)32-23-16(2)7-6-8-20(23)30/h6-12,17,21-22,24,34H,5,13-15H2,1-4H3,(H,31,35)(H,32,36)/t17?,21-,22+,24?,28+,29?/m1/s1. The van der Waals surface area contributed by atoms with Gasteiger partial charge in [-0.15, -0.1) is 0 Å². The van der Waals surface area contributed by atoms with Gasteiger partial charge in [-0.1, -0.05) is 30.7 Å². The quantitative estimate of drug-likeness (QED) is 0.458. The molecule has 3 amide bonds. The summed E-state index contributed by atoms with van der Waals surface area (Å²) < 4.78 is 12.1. The first kappa shape index (κ1) is 27.4. The van der Waals surface area contributed by atoms with Crippen molar-refractivity contribution in [3.05, 3.63) is 53.1 Å². The lowest BCUT2D eigenvalue weighted by Crippen LogP contribution is -2.54. The summed E-state index contributed by atoms with van der Waals surface area (Å²) in [5, 5.41) is 16.0. The third kappa shape index (κ3) is 4.27. The van der Waals surface area contributed by atoms with E-state index in [4.69, 9.17) is 21.1 Å². The molecule has 3 fully saturated rings. The number of hydrogen-bond acceptors (Lipinski definition) is 6. The van der Waals surface area contributed by atoms with E-state index < -0.39 is 35.0 Å². The van der Waals surface area contributed by atoms with Gasteiger partial charge in [0, 0.05) is 12.2 Å². The van der Waals surface area contributed by atoms with Crippen LogP contribution in [0.2, 0.25) is 5.02 Å². The number of ether oxygens (including phenoxy) is 2. The van der Waals surface area contributed by atoms with E-state index in [0.29, 0.717) is 35.2 Å². The number of aliphatic hydroxyl groups is 1. The summed E-state index contributed by atoms with van der Waals surface area (Å²) in [6, 6.07) is 11.3. The summed E-state index contributed by atoms with van der Waals surface area (Å²) in [4.78, 5) is 43.0. The number of rotatable bonds is 8. The minimum atomic E-state index is -1.22. The second-order valence-electron chi connectivity index (χ2n) is 10.8. The van der Waals surface area contributed by atoms with Gasteiger partial charge in [0.2, 0.25) is 17.7 Å². The molecule has 3 unspecified atom stereocenters. The van der Waals surface area contributed by atoms with Gasteiger partial charge in [0.25, 0.3) is 0 Å². The maximum Gasteiger partial charge on any atom is 0.250 e. The van der Waals surface area contributed by atoms with Crippen LogP contribution in [0.15, 0.2) is 42.5 Å². The molecular weight excluding hydrogens is 522 g/mol. The van der Waals surface area contributed by atoms with Crippen molar-refractivity contribution < 1.29 is 29.0 Å². The first-order chi connectivity index (χ1) is 18.6. The molecule has 0 aromatic heterocycles. The molecule has 6 atom stereocenters. The Bertz CT molecular complexity index is 1280. The zero-order valence-corrected chi connectivity index (χ0v) is 23.2. The van der Waals surface area contributed by atoms with Crippen molar-refractivity contribution >= 4 is 40.7 Å². The topological polar surface area (TPSA) is 117 Å². The van der Waals surface area contributed by atoms with Crippen LogP contribution in [0.25, 0.3) is 0 Å². The number of carbonyl (C=O) groups excluding carboxylic acids is 3. The smallest absolute Gasteiger partial charge is 0.250 e. The molecule has 0 saturated carbocycles. The van der Waals surface area contributed by atoms with Crippen molar-refractivity contribution in [2.75, 3.05) is 30.4 Å². The minimum Gasteiger partial charge on any atom is -0.494 e. The Labute approximate surface area is 232 Å². The molecule has 9 nitrogen and oxygen atoms in total. The van der Waals surface area contributed by atoms with E-state index in [2.05, 4.69) is 10.6 Å². The van der Waals surface area contributed by atoms with Crippen LogP contribution in [0.4, 0.5) is 11.4 Å². The Morgan fingerprint density at radius 1 is 1.18 bits per heavy atom. The predicted molar refractivity (Wildman–Crippen MR) is 147 cm³/mol. The van der Waals surface area contributed by atoms with Crippen molar-refractivity contribution in [1.82, 2.24) is 4.90 Å². The maximum atomic E-state index is 13.9. The van der Waals surface area contributed by atoms with Crippen LogP contribution in [0, 0.1) is 24.7 Å². The highest BCUT2D eigenvalue weighted by molar-refractivity contribution is 6.34. The van der Waals surface area contributed by atoms with Crippen molar-refractivity contribution in [1.29, 1.82) is 0 Å². The molecule has 3 N–H and O–H groups in total. The molecule has 3 heterocycles. The number of likely N-dealkylation sites (tertiary alicyclic amines) is 1. The molecule has 2 aromatic rings. The normalized spacial score (nSPS) is 30.8. The maximum absolute atomic E-state index is 13.9. The predicted octanol–water partition coefficient (Wildman–Crippen LogP) is 3.63. The fourth-order valence-electron chi connectivity index (χ4n) is 6.79. The zero-order valence-electron chi connectivity index (χ0n) is 22.5. The second kappa shape index (κ2) is 10.1. The van der Waals surface area contributed by atoms with E-state index in [1.165, 1.54) is 4.90 Å². The highest BCUT2D eigenvalue weighted by Gasteiger charge is 2.79. The molecule has 0 radical (unpaired) electrons. The number of aliphatic hydroxyl groups excluding tert-OH is 1. The van der Waals surface area contributed by atoms with Crippen LogP contribution in [0.5, 0.6) is 5.75 Å². The second-order valence-corrected chi connectivity index (χ2v) is 11.2. The van der Waals surface area contributed by atoms with Crippen molar-refractivity contribution in [3.63, 3.8) is 0 Å². The van der Waals surface area contributed by atoms with Crippen LogP contribution in [0.3, 0.4) is 0 Å². The average Bonchev–Trinajstić information content (AvgIpc) is 3.40. The van der Waals surface area contributed by atoms with Crippen LogP contribution in [0.1, 0.15) is 32.8 Å². The summed E-state index contributed by atoms with van der Waals surface area (Å²) in [5.41, 5.74) is -0.387. The minimum absolute atomic E-state index is 0.0572. The van der Waals surface area contributed by atoms with E-state index in [-0.39, 0.29) is 30.9 Å². The fourth-order valence-corrected chi connectivity index (χ4v) is 7.06. The summed E-state index contributed by atoms with van der Waals surface area (Å²) in [6.45, 7) is 7.69. The summed E-state index contributed by atoms with van der Waals surface area (Å²) >= 11 is 6.38. The number of anilines is 2. The summed E-state index contributed by atoms with van der Waals surface area (Å²) in [6.07, 6.45) is 0.425. The number of halogens is 1. The highest BCUT2D eigenvalue weighted by Crippen LogP contribution is 2.65. The van der Waals surface area contributed by atoms with Crippen LogP contribution in [-0.4, -0.2) is 64.7 Å². The van der Waals surface area contributed by atoms with E-state index in [1.807, 2.05) is 33.8 Å². The van der Waals surface area contributed by atoms with Crippen molar-refractivity contribution in [2.24, 2.45) is 17.8 Å². The van der Waals surface area contributed by atoms with E-state index >= 15 is 0 Å². The van der Waals surface area contributed by atoms with Gasteiger partial charge in [-0.3, -0.25) is 14.4 Å². The molecule has 0 aliphatic carbocycles. The van der Waals surface area contributed by atoms with E-state index in [9.17, 15) is 19.5 Å². The van der Waals surface area contributed by atoms with Gasteiger partial charge in [-0.25, -0.2) is 0 Å². The highest BCUT2D eigenvalue weighted by atomic mass is 35.5. The summed E-state index contributed by atoms with van der Waals surface area (Å²) in [5.74, 6) is -2.31. The molecule has 3 aliphatic heterocycles. The number of hydrogen-bond donors (Lipinski definition) is 3. The largest absolute Gasteiger partial charge is 0.494 e. The first-order valence-electron chi connectivity index (χ1n) is 13.3. The molecule has 3 saturated heterocycles. The van der Waals surface area contributed by atoms with Gasteiger partial charge in [-0.2, -0.15) is 0 Å². The van der Waals surface area contributed by atoms with Gasteiger partial charge in [0.15, 0.2) is 0 Å². The van der Waals surface area contributed by atoms with Gasteiger partial charge in [-0.05, 0) is 69.0 Å². The Hall–Kier alpha value is -3.14. The number of β-amino-alcohol motifs (C(OH)–C–C–N with tert-alkyl or cyclic N) is 1. The SMILES string of the molecule is CCOc1ccc(NC(=O)[C@H]2[C@H]3C(=O)N(CCO)C(C(=O)Nc4c(C)cccc4Cl)C34CC(C)[C@]2(C)O4)cc1. The average molecular weight is 556 g/mol. The summed E-state index contributed by atoms with van der Waals surface area (Å²) in [7, 11) is 0. The van der Waals surface area contributed by atoms with Crippen molar-refractivity contribution in [2.45, 2.75) is 51.4 Å². The first-order valence-corrected chi connectivity index (χ1v) is 13.7. The molecule has 39 heavy (non-hydrogen) atoms. The third-order valence-electron chi connectivity index (χ3n) is 8.59. The van der Waals surface area contributed by atoms with Gasteiger partial charge in [0.05, 0.1) is 41.4 Å². The Balaban J connectivity index is 1.49. The molecule has 10 heteroatoms. The van der Waals surface area contributed by atoms with Crippen molar-refractivity contribution in [3.8, 4) is 5.75 Å². The zero-order chi connectivity index (χ0) is 28.1. The van der Waals surface area contributed by atoms with Gasteiger partial charge >= 0.3 is 0 Å². The fraction of sp³-hybridized carbons (Fsp3) is 0.483. The molecule has 1 spiro atoms.